The van der Waals surface area contributed by atoms with Crippen molar-refractivity contribution in [1.29, 1.82) is 0 Å². The minimum Gasteiger partial charge on any atom is -0.377 e. The highest BCUT2D eigenvalue weighted by molar-refractivity contribution is 5.11. The average Bonchev–Trinajstić information content (AvgIpc) is 2.19. The van der Waals surface area contributed by atoms with Gasteiger partial charge in [0.1, 0.15) is 6.23 Å². The molecular weight excluding hydrogens is 188 g/mol. The van der Waals surface area contributed by atoms with Gasteiger partial charge in [-0.15, -0.1) is 0 Å². The number of β-amino-alcohol motifs (C(OH)–C–C–N with tert-alkyl or cyclic N) is 1. The summed E-state index contributed by atoms with van der Waals surface area (Å²) in [5.41, 5.74) is 1.32. The lowest BCUT2D eigenvalue weighted by Gasteiger charge is -2.26. The van der Waals surface area contributed by atoms with Gasteiger partial charge in [-0.2, -0.15) is 0 Å². The Bertz CT molecular complexity index is 256. The average molecular weight is 208 g/mol. The molecule has 1 aliphatic heterocycles. The van der Waals surface area contributed by atoms with Crippen LogP contribution in [0.4, 0.5) is 0 Å². The summed E-state index contributed by atoms with van der Waals surface area (Å²) in [6, 6.07) is 10.3. The molecule has 15 heavy (non-hydrogen) atoms. The number of aliphatic hydroxyl groups excluding tert-OH is 1. The summed E-state index contributed by atoms with van der Waals surface area (Å²) in [7, 11) is 2.00. The van der Waals surface area contributed by atoms with E-state index in [2.05, 4.69) is 29.3 Å². The van der Waals surface area contributed by atoms with Crippen LogP contribution >= 0.6 is 0 Å². The van der Waals surface area contributed by atoms with Crippen LogP contribution in [0.15, 0.2) is 30.3 Å². The number of likely N-dealkylation sites (N-methyl/N-ethyl adjacent to an activating group) is 1. The van der Waals surface area contributed by atoms with E-state index in [9.17, 15) is 0 Å². The van der Waals surface area contributed by atoms with Gasteiger partial charge >= 0.3 is 0 Å². The molecule has 1 aromatic carbocycles. The molecule has 1 unspecified atom stereocenters. The molecule has 1 aliphatic rings. The number of hydrogen-bond donors (Lipinski definition) is 2. The summed E-state index contributed by atoms with van der Waals surface area (Å²) in [4.78, 5) is 2.10. The van der Waals surface area contributed by atoms with E-state index >= 15 is 0 Å². The summed E-state index contributed by atoms with van der Waals surface area (Å²) in [5.74, 6) is 0. The summed E-state index contributed by atoms with van der Waals surface area (Å²) < 4.78 is 0. The van der Waals surface area contributed by atoms with Crippen molar-refractivity contribution in [2.45, 2.75) is 13.2 Å². The van der Waals surface area contributed by atoms with E-state index in [0.29, 0.717) is 0 Å². The fourth-order valence-electron chi connectivity index (χ4n) is 1.41. The van der Waals surface area contributed by atoms with Crippen LogP contribution in [0.25, 0.3) is 0 Å². The zero-order chi connectivity index (χ0) is 11.1. The van der Waals surface area contributed by atoms with E-state index in [-0.39, 0.29) is 6.23 Å². The quantitative estimate of drug-likeness (QED) is 0.663. The Morgan fingerprint density at radius 1 is 1.33 bits per heavy atom. The maximum atomic E-state index is 8.93. The number of piperazine rings is 1. The SMILES string of the molecule is CN1CCNC(O)C1.Cc1ccccc1. The molecule has 0 bridgehead atoms. The van der Waals surface area contributed by atoms with Gasteiger partial charge in [0.15, 0.2) is 0 Å². The van der Waals surface area contributed by atoms with E-state index in [1.165, 1.54) is 5.56 Å². The van der Waals surface area contributed by atoms with Crippen molar-refractivity contribution in [2.24, 2.45) is 0 Å². The van der Waals surface area contributed by atoms with Crippen LogP contribution in [0.3, 0.4) is 0 Å². The number of aliphatic hydroxyl groups is 1. The molecule has 2 rings (SSSR count). The zero-order valence-electron chi connectivity index (χ0n) is 9.48. The molecule has 0 aromatic heterocycles. The Morgan fingerprint density at radius 3 is 2.33 bits per heavy atom. The first-order valence-corrected chi connectivity index (χ1v) is 5.30. The molecular formula is C12H20N2O. The first kappa shape index (κ1) is 12.2. The number of nitrogens with one attached hydrogen (secondary N) is 1. The molecule has 1 saturated heterocycles. The second-order valence-electron chi connectivity index (χ2n) is 3.89. The van der Waals surface area contributed by atoms with E-state index < -0.39 is 0 Å². The van der Waals surface area contributed by atoms with Crippen LogP contribution in [-0.2, 0) is 0 Å². The van der Waals surface area contributed by atoms with Gasteiger partial charge in [-0.05, 0) is 14.0 Å². The van der Waals surface area contributed by atoms with Crippen molar-refractivity contribution in [3.8, 4) is 0 Å². The molecule has 1 heterocycles. The summed E-state index contributed by atoms with van der Waals surface area (Å²) in [6.45, 7) is 4.77. The van der Waals surface area contributed by atoms with Crippen molar-refractivity contribution in [2.75, 3.05) is 26.7 Å². The van der Waals surface area contributed by atoms with E-state index in [4.69, 9.17) is 5.11 Å². The molecule has 1 atom stereocenters. The van der Waals surface area contributed by atoms with Crippen LogP contribution in [0.1, 0.15) is 5.56 Å². The van der Waals surface area contributed by atoms with Gasteiger partial charge in [0.2, 0.25) is 0 Å². The van der Waals surface area contributed by atoms with Crippen LogP contribution in [0.2, 0.25) is 0 Å². The topological polar surface area (TPSA) is 35.5 Å². The Balaban J connectivity index is 0.000000151. The molecule has 2 N–H and O–H groups in total. The number of hydrogen-bond acceptors (Lipinski definition) is 3. The normalized spacial score (nSPS) is 21.7. The van der Waals surface area contributed by atoms with Crippen molar-refractivity contribution in [3.63, 3.8) is 0 Å². The van der Waals surface area contributed by atoms with Crippen LogP contribution in [0.5, 0.6) is 0 Å². The summed E-state index contributed by atoms with van der Waals surface area (Å²) >= 11 is 0. The fraction of sp³-hybridized carbons (Fsp3) is 0.500. The van der Waals surface area contributed by atoms with Gasteiger partial charge < -0.3 is 10.0 Å². The minimum atomic E-state index is -0.311. The Labute approximate surface area is 91.7 Å². The van der Waals surface area contributed by atoms with Crippen LogP contribution in [-0.4, -0.2) is 42.9 Å². The van der Waals surface area contributed by atoms with Gasteiger partial charge in [0.05, 0.1) is 0 Å². The maximum Gasteiger partial charge on any atom is 0.117 e. The minimum absolute atomic E-state index is 0.311. The molecule has 3 nitrogen and oxygen atoms in total. The Hall–Kier alpha value is -0.900. The second kappa shape index (κ2) is 6.56. The summed E-state index contributed by atoms with van der Waals surface area (Å²) in [5, 5.41) is 11.9. The summed E-state index contributed by atoms with van der Waals surface area (Å²) in [6.07, 6.45) is -0.311. The highest BCUT2D eigenvalue weighted by atomic mass is 16.3. The third kappa shape index (κ3) is 5.52. The number of rotatable bonds is 0. The fourth-order valence-corrected chi connectivity index (χ4v) is 1.41. The largest absolute Gasteiger partial charge is 0.377 e. The molecule has 84 valence electrons. The second-order valence-corrected chi connectivity index (χ2v) is 3.89. The van der Waals surface area contributed by atoms with Gasteiger partial charge in [-0.25, -0.2) is 0 Å². The maximum absolute atomic E-state index is 8.93. The van der Waals surface area contributed by atoms with Gasteiger partial charge in [-0.1, -0.05) is 35.9 Å². The first-order valence-electron chi connectivity index (χ1n) is 5.30. The Kier molecular flexibility index (Phi) is 5.32. The van der Waals surface area contributed by atoms with E-state index in [0.717, 1.165) is 19.6 Å². The van der Waals surface area contributed by atoms with Gasteiger partial charge in [-0.3, -0.25) is 5.32 Å². The monoisotopic (exact) mass is 208 g/mol. The molecule has 0 spiro atoms. The molecule has 0 aliphatic carbocycles. The lowest BCUT2D eigenvalue weighted by atomic mass is 10.2. The molecule has 0 radical (unpaired) electrons. The van der Waals surface area contributed by atoms with E-state index in [1.54, 1.807) is 0 Å². The van der Waals surface area contributed by atoms with Crippen molar-refractivity contribution in [1.82, 2.24) is 10.2 Å². The smallest absolute Gasteiger partial charge is 0.117 e. The highest BCUT2D eigenvalue weighted by Crippen LogP contribution is 1.92. The van der Waals surface area contributed by atoms with Crippen molar-refractivity contribution in [3.05, 3.63) is 35.9 Å². The first-order chi connectivity index (χ1) is 7.18. The zero-order valence-corrected chi connectivity index (χ0v) is 9.48. The van der Waals surface area contributed by atoms with Crippen LogP contribution in [0, 0.1) is 6.92 Å². The molecule has 3 heteroatoms. The lowest BCUT2D eigenvalue weighted by molar-refractivity contribution is 0.0669. The highest BCUT2D eigenvalue weighted by Gasteiger charge is 2.11. The van der Waals surface area contributed by atoms with Gasteiger partial charge in [0, 0.05) is 19.6 Å². The standard InChI is InChI=1S/C7H8.C5H12N2O/c1-7-5-3-2-4-6-7;1-7-3-2-6-5(8)4-7/h2-6H,1H3;5-6,8H,2-4H2,1H3. The van der Waals surface area contributed by atoms with Crippen molar-refractivity contribution >= 4 is 0 Å². The molecule has 0 saturated carbocycles. The van der Waals surface area contributed by atoms with Crippen molar-refractivity contribution < 1.29 is 5.11 Å². The lowest BCUT2D eigenvalue weighted by Crippen LogP contribution is -2.48. The number of nitrogens with zero attached hydrogens (tertiary/aromatic N) is 1. The Morgan fingerprint density at radius 2 is 2.00 bits per heavy atom. The van der Waals surface area contributed by atoms with Crippen LogP contribution < -0.4 is 5.32 Å². The third-order valence-electron chi connectivity index (χ3n) is 2.30. The predicted octanol–water partition coefficient (Wildman–Crippen LogP) is 0.835. The molecule has 1 fully saturated rings. The number of aryl methyl sites for hydroxylation is 1. The molecule has 0 amide bonds. The predicted molar refractivity (Wildman–Crippen MR) is 62.7 cm³/mol. The van der Waals surface area contributed by atoms with Gasteiger partial charge in [0.25, 0.3) is 0 Å². The number of benzene rings is 1. The van der Waals surface area contributed by atoms with E-state index in [1.807, 2.05) is 25.2 Å². The molecule has 1 aromatic rings. The third-order valence-corrected chi connectivity index (χ3v) is 2.30.